The van der Waals surface area contributed by atoms with E-state index in [4.69, 9.17) is 4.74 Å². The van der Waals surface area contributed by atoms with Gasteiger partial charge in [0.2, 0.25) is 11.7 Å². The first-order chi connectivity index (χ1) is 15.5. The lowest BCUT2D eigenvalue weighted by molar-refractivity contribution is -0.140. The smallest absolute Gasteiger partial charge is 0.407 e. The van der Waals surface area contributed by atoms with E-state index in [9.17, 15) is 19.2 Å². The zero-order valence-electron chi connectivity index (χ0n) is 20.2. The number of aryl methyl sites for hydroxylation is 1. The Morgan fingerprint density at radius 1 is 1.24 bits per heavy atom. The highest BCUT2D eigenvalue weighted by atomic mass is 32.1. The molecule has 0 bridgehead atoms. The van der Waals surface area contributed by atoms with E-state index in [1.165, 1.54) is 11.5 Å². The third-order valence-electron chi connectivity index (χ3n) is 5.24. The van der Waals surface area contributed by atoms with Gasteiger partial charge in [0.1, 0.15) is 12.1 Å². The second-order valence-corrected chi connectivity index (χ2v) is 10.9. The molecule has 2 unspecified atom stereocenters. The Morgan fingerprint density at radius 3 is 2.64 bits per heavy atom. The van der Waals surface area contributed by atoms with Gasteiger partial charge < -0.3 is 20.7 Å². The van der Waals surface area contributed by atoms with Gasteiger partial charge in [-0.15, -0.1) is 0 Å². The molecule has 2 heterocycles. The maximum Gasteiger partial charge on any atom is 0.407 e. The summed E-state index contributed by atoms with van der Waals surface area (Å²) in [4.78, 5) is 51.7. The van der Waals surface area contributed by atoms with Crippen molar-refractivity contribution in [3.05, 3.63) is 16.6 Å². The predicted molar refractivity (Wildman–Crippen MR) is 126 cm³/mol. The molecule has 0 aliphatic carbocycles. The first-order valence-electron chi connectivity index (χ1n) is 11.5. The third-order valence-corrected chi connectivity index (χ3v) is 6.13. The predicted octanol–water partition coefficient (Wildman–Crippen LogP) is 2.38. The number of amides is 3. The number of hydrogen-bond donors (Lipinski definition) is 3. The topological polar surface area (TPSA) is 126 Å². The fraction of sp³-hybridized carbons (Fsp3) is 0.696. The van der Waals surface area contributed by atoms with Crippen molar-refractivity contribution in [3.8, 4) is 0 Å². The van der Waals surface area contributed by atoms with Gasteiger partial charge in [-0.25, -0.2) is 9.17 Å². The molecule has 1 aliphatic rings. The van der Waals surface area contributed by atoms with Crippen LogP contribution in [0.15, 0.2) is 6.20 Å². The van der Waals surface area contributed by atoms with Gasteiger partial charge in [0, 0.05) is 24.0 Å². The van der Waals surface area contributed by atoms with Crippen molar-refractivity contribution in [2.75, 3.05) is 13.2 Å². The molecule has 0 saturated heterocycles. The minimum atomic E-state index is -1.05. The Balaban J connectivity index is 2.16. The van der Waals surface area contributed by atoms with Gasteiger partial charge in [-0.3, -0.25) is 14.4 Å². The molecule has 1 aromatic heterocycles. The first kappa shape index (κ1) is 26.8. The lowest BCUT2D eigenvalue weighted by Crippen LogP contribution is -2.56. The van der Waals surface area contributed by atoms with Gasteiger partial charge in [-0.1, -0.05) is 41.0 Å². The minimum absolute atomic E-state index is 0.170. The van der Waals surface area contributed by atoms with Gasteiger partial charge in [0.25, 0.3) is 5.91 Å². The quantitative estimate of drug-likeness (QED) is 0.556. The van der Waals surface area contributed by atoms with Crippen LogP contribution in [-0.4, -0.2) is 53.3 Å². The second kappa shape index (κ2) is 12.1. The summed E-state index contributed by atoms with van der Waals surface area (Å²) in [7, 11) is 0. The number of alkyl carbamates (subject to hydrolysis) is 1. The molecule has 0 saturated carbocycles. The Kier molecular flexibility index (Phi) is 9.82. The number of hydrogen-bond acceptors (Lipinski definition) is 7. The zero-order chi connectivity index (χ0) is 24.6. The highest BCUT2D eigenvalue weighted by Crippen LogP contribution is 2.20. The average Bonchev–Trinajstić information content (AvgIpc) is 3.16. The van der Waals surface area contributed by atoms with Crippen LogP contribution in [0, 0.1) is 11.3 Å². The number of aromatic nitrogens is 1. The van der Waals surface area contributed by atoms with Crippen LogP contribution in [-0.2, 0) is 32.0 Å². The first-order valence-corrected chi connectivity index (χ1v) is 12.2. The van der Waals surface area contributed by atoms with Crippen LogP contribution in [0.1, 0.15) is 64.3 Å². The van der Waals surface area contributed by atoms with Crippen molar-refractivity contribution in [1.29, 1.82) is 0 Å². The molecule has 0 spiro atoms. The van der Waals surface area contributed by atoms with Crippen molar-refractivity contribution < 1.29 is 23.9 Å². The van der Waals surface area contributed by atoms with E-state index >= 15 is 0 Å². The maximum absolute atomic E-state index is 13.1. The number of nitrogens with zero attached hydrogens (tertiary/aromatic N) is 1. The van der Waals surface area contributed by atoms with E-state index < -0.39 is 35.8 Å². The molecule has 3 N–H and O–H groups in total. The Labute approximate surface area is 199 Å². The third kappa shape index (κ3) is 8.75. The molecule has 0 fully saturated rings. The maximum atomic E-state index is 13.1. The molecule has 9 nitrogen and oxygen atoms in total. The van der Waals surface area contributed by atoms with Crippen molar-refractivity contribution in [2.45, 2.75) is 78.8 Å². The summed E-state index contributed by atoms with van der Waals surface area (Å²) in [6, 6.07) is -1.98. The summed E-state index contributed by atoms with van der Waals surface area (Å²) in [5, 5.41) is 7.93. The molecular weight excluding hydrogens is 444 g/mol. The fourth-order valence-electron chi connectivity index (χ4n) is 3.37. The SMILES string of the molecule is CC(C)C(NC(=O)OCC(C)(C)C)C(=O)NC1Cc2cnsc2CCCCCNC(=O)C1=O. The van der Waals surface area contributed by atoms with Crippen LogP contribution in [0.5, 0.6) is 0 Å². The molecule has 3 amide bonds. The average molecular weight is 481 g/mol. The highest BCUT2D eigenvalue weighted by molar-refractivity contribution is 7.05. The largest absolute Gasteiger partial charge is 0.449 e. The standard InChI is InChI=1S/C23H36N4O5S/c1-14(2)18(27-22(31)32-13-23(3,4)5)20(29)26-16-11-15-12-25-33-17(15)9-7-6-8-10-24-21(30)19(16)28/h12,14,16,18H,6-11,13H2,1-5H3,(H,24,30)(H,26,29)(H,27,31). The van der Waals surface area contributed by atoms with E-state index in [0.29, 0.717) is 6.54 Å². The van der Waals surface area contributed by atoms with Gasteiger partial charge in [0.15, 0.2) is 0 Å². The zero-order valence-corrected chi connectivity index (χ0v) is 21.0. The number of nitrogens with one attached hydrogen (secondary N) is 3. The lowest BCUT2D eigenvalue weighted by Gasteiger charge is -2.25. The van der Waals surface area contributed by atoms with E-state index in [2.05, 4.69) is 20.3 Å². The van der Waals surface area contributed by atoms with E-state index in [1.54, 1.807) is 20.0 Å². The number of fused-ring (bicyclic) bond motifs is 1. The molecule has 1 aromatic rings. The van der Waals surface area contributed by atoms with Crippen LogP contribution in [0.2, 0.25) is 0 Å². The summed E-state index contributed by atoms with van der Waals surface area (Å²) < 4.78 is 9.47. The van der Waals surface area contributed by atoms with Crippen LogP contribution in [0.25, 0.3) is 0 Å². The van der Waals surface area contributed by atoms with Gasteiger partial charge in [-0.05, 0) is 47.7 Å². The molecule has 33 heavy (non-hydrogen) atoms. The molecule has 10 heteroatoms. The minimum Gasteiger partial charge on any atom is -0.449 e. The summed E-state index contributed by atoms with van der Waals surface area (Å²) >= 11 is 1.38. The highest BCUT2D eigenvalue weighted by Gasteiger charge is 2.33. The molecule has 184 valence electrons. The summed E-state index contributed by atoms with van der Waals surface area (Å²) in [5.41, 5.74) is 0.637. The number of Topliss-reactive ketones (excluding diaryl/α,β-unsaturated/α-hetero) is 1. The van der Waals surface area contributed by atoms with E-state index in [-0.39, 0.29) is 24.4 Å². The Morgan fingerprint density at radius 2 is 1.97 bits per heavy atom. The molecule has 2 atom stereocenters. The van der Waals surface area contributed by atoms with Crippen molar-refractivity contribution in [2.24, 2.45) is 11.3 Å². The number of ether oxygens (including phenoxy) is 1. The van der Waals surface area contributed by atoms with E-state index in [0.717, 1.165) is 36.1 Å². The number of carbonyl (C=O) groups is 4. The lowest BCUT2D eigenvalue weighted by atomic mass is 9.98. The van der Waals surface area contributed by atoms with Crippen LogP contribution in [0.4, 0.5) is 4.79 Å². The van der Waals surface area contributed by atoms with Crippen molar-refractivity contribution >= 4 is 35.2 Å². The van der Waals surface area contributed by atoms with Crippen LogP contribution in [0.3, 0.4) is 0 Å². The molecular formula is C23H36N4O5S. The van der Waals surface area contributed by atoms with E-state index in [1.807, 2.05) is 20.8 Å². The number of ketones is 1. The summed E-state index contributed by atoms with van der Waals surface area (Å²) in [5.74, 6) is -2.23. The van der Waals surface area contributed by atoms with Crippen molar-refractivity contribution in [1.82, 2.24) is 20.3 Å². The normalized spacial score (nSPS) is 18.9. The van der Waals surface area contributed by atoms with Gasteiger partial charge >= 0.3 is 6.09 Å². The molecule has 0 radical (unpaired) electrons. The van der Waals surface area contributed by atoms with Gasteiger partial charge in [0.05, 0.1) is 6.61 Å². The second-order valence-electron chi connectivity index (χ2n) is 9.97. The Hall–Kier alpha value is -2.49. The number of carbonyl (C=O) groups excluding carboxylic acids is 4. The molecule has 0 aromatic carbocycles. The fourth-order valence-corrected chi connectivity index (χ4v) is 4.16. The summed E-state index contributed by atoms with van der Waals surface area (Å²) in [6.45, 7) is 9.97. The summed E-state index contributed by atoms with van der Waals surface area (Å²) in [6.07, 6.45) is 4.69. The Bertz CT molecular complexity index is 846. The number of rotatable bonds is 5. The monoisotopic (exact) mass is 480 g/mol. The van der Waals surface area contributed by atoms with Crippen LogP contribution < -0.4 is 16.0 Å². The van der Waals surface area contributed by atoms with Crippen molar-refractivity contribution in [3.63, 3.8) is 0 Å². The molecule has 2 rings (SSSR count). The van der Waals surface area contributed by atoms with Gasteiger partial charge in [-0.2, -0.15) is 0 Å². The van der Waals surface area contributed by atoms with Crippen LogP contribution >= 0.6 is 11.5 Å². The molecule has 1 aliphatic heterocycles.